The van der Waals surface area contributed by atoms with Gasteiger partial charge in [0.1, 0.15) is 5.54 Å². The number of nitrogens with zero attached hydrogens (tertiary/aromatic N) is 4. The minimum atomic E-state index is -0.734. The highest BCUT2D eigenvalue weighted by atomic mass is 16.2. The number of amides is 3. The summed E-state index contributed by atoms with van der Waals surface area (Å²) in [4.78, 5) is 37.2. The Balaban J connectivity index is 1.56. The number of carbonyl (C=O) groups is 2. The lowest BCUT2D eigenvalue weighted by atomic mass is 9.84. The molecule has 2 saturated heterocycles. The van der Waals surface area contributed by atoms with Crippen molar-refractivity contribution in [1.82, 2.24) is 19.7 Å². The Kier molecular flexibility index (Phi) is 6.33. The van der Waals surface area contributed by atoms with Crippen LogP contribution in [0.4, 0.5) is 4.79 Å². The molecule has 2 aliphatic rings. The number of hydrogen-bond acceptors (Lipinski definition) is 4. The van der Waals surface area contributed by atoms with E-state index in [1.807, 2.05) is 35.2 Å². The third-order valence-electron chi connectivity index (χ3n) is 6.53. The molecule has 0 unspecified atom stereocenters. The summed E-state index contributed by atoms with van der Waals surface area (Å²) in [5, 5.41) is 0. The summed E-state index contributed by atoms with van der Waals surface area (Å²) in [7, 11) is 0. The van der Waals surface area contributed by atoms with Crippen molar-refractivity contribution in [2.45, 2.75) is 52.1 Å². The number of benzene rings is 1. The number of rotatable bonds is 6. The molecular formula is C26H34N4O2. The monoisotopic (exact) mass is 434 g/mol. The number of piperidine rings is 1. The summed E-state index contributed by atoms with van der Waals surface area (Å²) in [6.45, 7) is 10.2. The largest absolute Gasteiger partial charge is 0.328 e. The van der Waals surface area contributed by atoms with Crippen molar-refractivity contribution in [2.75, 3.05) is 26.2 Å². The highest BCUT2D eigenvalue weighted by Gasteiger charge is 2.57. The van der Waals surface area contributed by atoms with Crippen molar-refractivity contribution in [3.8, 4) is 0 Å². The molecule has 1 spiro atoms. The molecular weight excluding hydrogens is 400 g/mol. The summed E-state index contributed by atoms with van der Waals surface area (Å²) in [5.74, 6) is -0.0465. The predicted molar refractivity (Wildman–Crippen MR) is 125 cm³/mol. The van der Waals surface area contributed by atoms with E-state index in [1.54, 1.807) is 12.4 Å². The fourth-order valence-corrected chi connectivity index (χ4v) is 5.03. The molecule has 2 aromatic rings. The van der Waals surface area contributed by atoms with Crippen molar-refractivity contribution in [1.29, 1.82) is 0 Å². The maximum atomic E-state index is 13.7. The molecule has 3 heterocycles. The van der Waals surface area contributed by atoms with E-state index in [9.17, 15) is 9.59 Å². The Morgan fingerprint density at radius 1 is 0.969 bits per heavy atom. The van der Waals surface area contributed by atoms with Crippen molar-refractivity contribution >= 4 is 11.9 Å². The molecule has 0 atom stereocenters. The molecule has 2 aliphatic heterocycles. The number of pyridine rings is 1. The van der Waals surface area contributed by atoms with Crippen LogP contribution in [0.25, 0.3) is 0 Å². The molecule has 0 bridgehead atoms. The second-order valence-corrected chi connectivity index (χ2v) is 10.3. The van der Waals surface area contributed by atoms with Gasteiger partial charge in [-0.3, -0.25) is 14.7 Å². The number of imide groups is 1. The van der Waals surface area contributed by atoms with Gasteiger partial charge in [0, 0.05) is 38.6 Å². The van der Waals surface area contributed by atoms with Crippen molar-refractivity contribution in [2.24, 2.45) is 5.41 Å². The molecule has 6 heteroatoms. The first-order valence-corrected chi connectivity index (χ1v) is 11.6. The van der Waals surface area contributed by atoms with Gasteiger partial charge in [-0.1, -0.05) is 57.2 Å². The Morgan fingerprint density at radius 2 is 1.66 bits per heavy atom. The van der Waals surface area contributed by atoms with Crippen LogP contribution in [-0.2, 0) is 17.8 Å². The number of carbonyl (C=O) groups excluding carboxylic acids is 2. The van der Waals surface area contributed by atoms with E-state index in [1.165, 1.54) is 10.5 Å². The standard InChI is InChI=1S/C26H34N4O2/c1-25(2,3)20-28-16-12-26(13-17-28)23(31)29(19-22-10-7-14-27-18-22)24(32)30(26)15-11-21-8-5-4-6-9-21/h4-10,14,18H,11-13,15-17,19-20H2,1-3H3. The van der Waals surface area contributed by atoms with Crippen LogP contribution in [0.1, 0.15) is 44.7 Å². The van der Waals surface area contributed by atoms with Crippen molar-refractivity contribution < 1.29 is 9.59 Å². The minimum absolute atomic E-state index is 0.0465. The third-order valence-corrected chi connectivity index (χ3v) is 6.53. The lowest BCUT2D eigenvalue weighted by Crippen LogP contribution is -2.57. The SMILES string of the molecule is CC(C)(C)CN1CCC2(CC1)C(=O)N(Cc1cccnc1)C(=O)N2CCc1ccccc1. The number of urea groups is 1. The van der Waals surface area contributed by atoms with E-state index < -0.39 is 5.54 Å². The second kappa shape index (κ2) is 9.02. The van der Waals surface area contributed by atoms with Crippen molar-refractivity contribution in [3.05, 3.63) is 66.0 Å². The topological polar surface area (TPSA) is 56.8 Å². The van der Waals surface area contributed by atoms with Gasteiger partial charge in [-0.15, -0.1) is 0 Å². The Hall–Kier alpha value is -2.73. The van der Waals surface area contributed by atoms with Crippen LogP contribution in [0.15, 0.2) is 54.9 Å². The Morgan fingerprint density at radius 3 is 2.28 bits per heavy atom. The molecule has 4 rings (SSSR count). The molecule has 0 N–H and O–H groups in total. The fourth-order valence-electron chi connectivity index (χ4n) is 5.03. The van der Waals surface area contributed by atoms with Gasteiger partial charge in [-0.2, -0.15) is 0 Å². The first-order valence-electron chi connectivity index (χ1n) is 11.6. The smallest absolute Gasteiger partial charge is 0.309 e. The highest BCUT2D eigenvalue weighted by Crippen LogP contribution is 2.38. The summed E-state index contributed by atoms with van der Waals surface area (Å²) in [6.07, 6.45) is 5.55. The molecule has 1 aromatic carbocycles. The Bertz CT molecular complexity index is 931. The minimum Gasteiger partial charge on any atom is -0.309 e. The summed E-state index contributed by atoms with van der Waals surface area (Å²) < 4.78 is 0. The third kappa shape index (κ3) is 4.70. The molecule has 170 valence electrons. The normalized spacial score (nSPS) is 19.2. The number of aromatic nitrogens is 1. The van der Waals surface area contributed by atoms with Crippen LogP contribution in [0.2, 0.25) is 0 Å². The van der Waals surface area contributed by atoms with Crippen LogP contribution in [0.3, 0.4) is 0 Å². The zero-order valence-corrected chi connectivity index (χ0v) is 19.5. The average molecular weight is 435 g/mol. The first-order chi connectivity index (χ1) is 15.3. The van der Waals surface area contributed by atoms with Gasteiger partial charge in [0.05, 0.1) is 6.54 Å². The van der Waals surface area contributed by atoms with E-state index in [4.69, 9.17) is 0 Å². The molecule has 32 heavy (non-hydrogen) atoms. The molecule has 1 aromatic heterocycles. The molecule has 0 saturated carbocycles. The molecule has 6 nitrogen and oxygen atoms in total. The lowest BCUT2D eigenvalue weighted by molar-refractivity contribution is -0.136. The fraction of sp³-hybridized carbons (Fsp3) is 0.500. The van der Waals surface area contributed by atoms with E-state index in [2.05, 4.69) is 42.8 Å². The number of hydrogen-bond donors (Lipinski definition) is 0. The van der Waals surface area contributed by atoms with Crippen molar-refractivity contribution in [3.63, 3.8) is 0 Å². The summed E-state index contributed by atoms with van der Waals surface area (Å²) in [6, 6.07) is 13.8. The molecule has 0 radical (unpaired) electrons. The van der Waals surface area contributed by atoms with Gasteiger partial charge >= 0.3 is 6.03 Å². The predicted octanol–water partition coefficient (Wildman–Crippen LogP) is 3.97. The lowest BCUT2D eigenvalue weighted by Gasteiger charge is -2.43. The zero-order valence-electron chi connectivity index (χ0n) is 19.5. The van der Waals surface area contributed by atoms with Gasteiger partial charge in [-0.05, 0) is 41.9 Å². The molecule has 3 amide bonds. The summed E-state index contributed by atoms with van der Waals surface area (Å²) in [5.41, 5.74) is 1.53. The van der Waals surface area contributed by atoms with E-state index in [0.29, 0.717) is 19.4 Å². The van der Waals surface area contributed by atoms with Crippen LogP contribution in [0.5, 0.6) is 0 Å². The van der Waals surface area contributed by atoms with Crippen LogP contribution < -0.4 is 0 Å². The average Bonchev–Trinajstić information content (AvgIpc) is 2.96. The van der Waals surface area contributed by atoms with Gasteiger partial charge in [0.25, 0.3) is 5.91 Å². The quantitative estimate of drug-likeness (QED) is 0.646. The second-order valence-electron chi connectivity index (χ2n) is 10.3. The first kappa shape index (κ1) is 22.5. The zero-order chi connectivity index (χ0) is 22.8. The van der Waals surface area contributed by atoms with Gasteiger partial charge < -0.3 is 9.80 Å². The van der Waals surface area contributed by atoms with Gasteiger partial charge in [0.2, 0.25) is 0 Å². The van der Waals surface area contributed by atoms with Gasteiger partial charge in [-0.25, -0.2) is 4.79 Å². The van der Waals surface area contributed by atoms with E-state index in [-0.39, 0.29) is 23.9 Å². The van der Waals surface area contributed by atoms with E-state index in [0.717, 1.165) is 31.6 Å². The molecule has 0 aliphatic carbocycles. The maximum Gasteiger partial charge on any atom is 0.328 e. The molecule has 2 fully saturated rings. The summed E-state index contributed by atoms with van der Waals surface area (Å²) >= 11 is 0. The van der Waals surface area contributed by atoms with Crippen LogP contribution in [0, 0.1) is 5.41 Å². The van der Waals surface area contributed by atoms with Crippen LogP contribution in [-0.4, -0.2) is 63.3 Å². The van der Waals surface area contributed by atoms with E-state index >= 15 is 0 Å². The van der Waals surface area contributed by atoms with Crippen LogP contribution >= 0.6 is 0 Å². The maximum absolute atomic E-state index is 13.7. The highest BCUT2D eigenvalue weighted by molar-refractivity contribution is 6.07. The van der Waals surface area contributed by atoms with Gasteiger partial charge in [0.15, 0.2) is 0 Å². The Labute approximate surface area is 191 Å². The number of likely N-dealkylation sites (tertiary alicyclic amines) is 1.